The average Bonchev–Trinajstić information content (AvgIpc) is 3.50. The predicted molar refractivity (Wildman–Crippen MR) is 191 cm³/mol. The van der Waals surface area contributed by atoms with Gasteiger partial charge in [0.05, 0.1) is 0 Å². The number of rotatable bonds is 3. The van der Waals surface area contributed by atoms with Crippen LogP contribution in [0.3, 0.4) is 0 Å². The van der Waals surface area contributed by atoms with Crippen molar-refractivity contribution >= 4 is 65.0 Å². The molecule has 0 N–H and O–H groups in total. The highest BCUT2D eigenvalue weighted by Crippen LogP contribution is 2.50. The molecule has 0 atom stereocenters. The van der Waals surface area contributed by atoms with E-state index in [0.29, 0.717) is 0 Å². The van der Waals surface area contributed by atoms with Crippen molar-refractivity contribution in [3.63, 3.8) is 0 Å². The van der Waals surface area contributed by atoms with Crippen LogP contribution in [0.1, 0.15) is 0 Å². The van der Waals surface area contributed by atoms with Crippen molar-refractivity contribution < 1.29 is 4.42 Å². The SMILES string of the molecule is c1ccc(-c2cc3c(-c4c5ccccc5c(-c5cccc6ccccc56)c5ccccc45)ccc4oc5cccc2c5c43)cc1. The van der Waals surface area contributed by atoms with E-state index in [9.17, 15) is 0 Å². The van der Waals surface area contributed by atoms with Crippen LogP contribution in [-0.2, 0) is 0 Å². The summed E-state index contributed by atoms with van der Waals surface area (Å²) in [4.78, 5) is 0. The quantitative estimate of drug-likeness (QED) is 0.152. The molecule has 10 rings (SSSR count). The van der Waals surface area contributed by atoms with Gasteiger partial charge in [0.2, 0.25) is 0 Å². The van der Waals surface area contributed by atoms with Crippen LogP contribution in [0.5, 0.6) is 0 Å². The number of benzene rings is 9. The standard InChI is InChI=1S/C44H26O/c1-2-12-28(13-3-1)37-26-38-36(24-25-40-44(38)43-35(37)22-11-23-39(43)45-40)42-33-19-8-6-17-31(33)41(32-18-7-9-20-34(32)42)30-21-10-15-27-14-4-5-16-29(27)30/h1-26H. The van der Waals surface area contributed by atoms with Crippen molar-refractivity contribution in [2.24, 2.45) is 0 Å². The fourth-order valence-corrected chi connectivity index (χ4v) is 7.76. The Balaban J connectivity index is 1.39. The lowest BCUT2D eigenvalue weighted by Gasteiger charge is -2.20. The minimum atomic E-state index is 0.931. The molecule has 0 spiro atoms. The van der Waals surface area contributed by atoms with Crippen LogP contribution in [0.4, 0.5) is 0 Å². The first kappa shape index (κ1) is 24.5. The highest BCUT2D eigenvalue weighted by molar-refractivity contribution is 6.31. The average molecular weight is 571 g/mol. The van der Waals surface area contributed by atoms with Gasteiger partial charge >= 0.3 is 0 Å². The first-order chi connectivity index (χ1) is 22.3. The van der Waals surface area contributed by atoms with Gasteiger partial charge in [0, 0.05) is 10.8 Å². The summed E-state index contributed by atoms with van der Waals surface area (Å²) in [6, 6.07) is 57.3. The van der Waals surface area contributed by atoms with Gasteiger partial charge in [0.15, 0.2) is 0 Å². The fraction of sp³-hybridized carbons (Fsp3) is 0. The van der Waals surface area contributed by atoms with Crippen LogP contribution in [0.15, 0.2) is 162 Å². The molecule has 10 aromatic rings. The Morgan fingerprint density at radius 2 is 0.822 bits per heavy atom. The van der Waals surface area contributed by atoms with Gasteiger partial charge in [0.25, 0.3) is 0 Å². The molecule has 9 aromatic carbocycles. The molecule has 0 bridgehead atoms. The maximum absolute atomic E-state index is 6.49. The largest absolute Gasteiger partial charge is 0.456 e. The molecular weight excluding hydrogens is 544 g/mol. The lowest BCUT2D eigenvalue weighted by molar-refractivity contribution is 0.669. The van der Waals surface area contributed by atoms with Crippen molar-refractivity contribution in [3.05, 3.63) is 158 Å². The predicted octanol–water partition coefficient (Wildman–Crippen LogP) is 12.6. The second kappa shape index (κ2) is 9.29. The minimum absolute atomic E-state index is 0.931. The summed E-state index contributed by atoms with van der Waals surface area (Å²) in [6.45, 7) is 0. The van der Waals surface area contributed by atoms with Gasteiger partial charge < -0.3 is 4.42 Å². The maximum atomic E-state index is 6.49. The van der Waals surface area contributed by atoms with Crippen molar-refractivity contribution in [2.75, 3.05) is 0 Å². The minimum Gasteiger partial charge on any atom is -0.456 e. The Bertz CT molecular complexity index is 2680. The topological polar surface area (TPSA) is 13.1 Å². The molecule has 1 nitrogen and oxygen atoms in total. The number of furan rings is 1. The molecule has 0 aliphatic carbocycles. The molecule has 0 aliphatic heterocycles. The van der Waals surface area contributed by atoms with Gasteiger partial charge in [0.1, 0.15) is 11.2 Å². The molecule has 0 saturated carbocycles. The van der Waals surface area contributed by atoms with E-state index in [-0.39, 0.29) is 0 Å². The lowest BCUT2D eigenvalue weighted by Crippen LogP contribution is -1.93. The van der Waals surface area contributed by atoms with Gasteiger partial charge in [-0.15, -0.1) is 0 Å². The van der Waals surface area contributed by atoms with Crippen molar-refractivity contribution in [1.82, 2.24) is 0 Å². The summed E-state index contributed by atoms with van der Waals surface area (Å²) < 4.78 is 6.49. The summed E-state index contributed by atoms with van der Waals surface area (Å²) in [6.07, 6.45) is 0. The molecule has 0 unspecified atom stereocenters. The molecule has 0 amide bonds. The molecule has 0 saturated heterocycles. The Kier molecular flexibility index (Phi) is 5.06. The van der Waals surface area contributed by atoms with Crippen LogP contribution in [0.2, 0.25) is 0 Å². The zero-order chi connectivity index (χ0) is 29.5. The van der Waals surface area contributed by atoms with Gasteiger partial charge in [-0.25, -0.2) is 0 Å². The van der Waals surface area contributed by atoms with E-state index >= 15 is 0 Å². The Hall–Kier alpha value is -5.92. The van der Waals surface area contributed by atoms with Crippen molar-refractivity contribution in [2.45, 2.75) is 0 Å². The molecule has 1 heterocycles. The van der Waals surface area contributed by atoms with Crippen LogP contribution in [0, 0.1) is 0 Å². The maximum Gasteiger partial charge on any atom is 0.136 e. The Morgan fingerprint density at radius 1 is 0.311 bits per heavy atom. The van der Waals surface area contributed by atoms with E-state index in [4.69, 9.17) is 4.42 Å². The summed E-state index contributed by atoms with van der Waals surface area (Å²) in [7, 11) is 0. The van der Waals surface area contributed by atoms with Crippen LogP contribution in [-0.4, -0.2) is 0 Å². The van der Waals surface area contributed by atoms with Gasteiger partial charge in [-0.1, -0.05) is 133 Å². The van der Waals surface area contributed by atoms with Crippen LogP contribution < -0.4 is 0 Å². The molecule has 0 radical (unpaired) electrons. The Labute approximate surface area is 259 Å². The smallest absolute Gasteiger partial charge is 0.136 e. The van der Waals surface area contributed by atoms with Gasteiger partial charge in [-0.3, -0.25) is 0 Å². The fourth-order valence-electron chi connectivity index (χ4n) is 7.76. The molecule has 208 valence electrons. The van der Waals surface area contributed by atoms with Crippen molar-refractivity contribution in [1.29, 1.82) is 0 Å². The van der Waals surface area contributed by atoms with Crippen molar-refractivity contribution in [3.8, 4) is 33.4 Å². The van der Waals surface area contributed by atoms with Gasteiger partial charge in [-0.2, -0.15) is 0 Å². The summed E-state index contributed by atoms with van der Waals surface area (Å²) in [5, 5.41) is 12.4. The van der Waals surface area contributed by atoms with E-state index < -0.39 is 0 Å². The first-order valence-corrected chi connectivity index (χ1v) is 15.5. The molecule has 1 aromatic heterocycles. The number of hydrogen-bond donors (Lipinski definition) is 0. The van der Waals surface area contributed by atoms with Crippen LogP contribution in [0.25, 0.3) is 98.4 Å². The number of hydrogen-bond acceptors (Lipinski definition) is 1. The van der Waals surface area contributed by atoms with E-state index in [2.05, 4.69) is 158 Å². The second-order valence-electron chi connectivity index (χ2n) is 12.0. The highest BCUT2D eigenvalue weighted by Gasteiger charge is 2.23. The van der Waals surface area contributed by atoms with Crippen LogP contribution >= 0.6 is 0 Å². The zero-order valence-corrected chi connectivity index (χ0v) is 24.4. The first-order valence-electron chi connectivity index (χ1n) is 15.5. The number of fused-ring (bicyclic) bond motifs is 3. The van der Waals surface area contributed by atoms with E-state index in [1.807, 2.05) is 0 Å². The third-order valence-electron chi connectivity index (χ3n) is 9.63. The van der Waals surface area contributed by atoms with E-state index in [1.165, 1.54) is 87.2 Å². The van der Waals surface area contributed by atoms with E-state index in [0.717, 1.165) is 11.2 Å². The molecule has 45 heavy (non-hydrogen) atoms. The Morgan fingerprint density at radius 3 is 1.53 bits per heavy atom. The monoisotopic (exact) mass is 570 g/mol. The third kappa shape index (κ3) is 3.44. The molecule has 0 aliphatic rings. The molecule has 1 heteroatoms. The zero-order valence-electron chi connectivity index (χ0n) is 24.4. The lowest BCUT2D eigenvalue weighted by atomic mass is 9.83. The molecular formula is C44H26O. The summed E-state index contributed by atoms with van der Waals surface area (Å²) >= 11 is 0. The van der Waals surface area contributed by atoms with Gasteiger partial charge in [-0.05, 0) is 101 Å². The summed E-state index contributed by atoms with van der Waals surface area (Å²) in [5.41, 5.74) is 9.34. The highest BCUT2D eigenvalue weighted by atomic mass is 16.3. The third-order valence-corrected chi connectivity index (χ3v) is 9.63. The second-order valence-corrected chi connectivity index (χ2v) is 12.0. The summed E-state index contributed by atoms with van der Waals surface area (Å²) in [5.74, 6) is 0. The molecule has 0 fully saturated rings. The normalized spacial score (nSPS) is 12.0. The van der Waals surface area contributed by atoms with E-state index in [1.54, 1.807) is 0 Å².